The molecule has 0 saturated heterocycles. The van der Waals surface area contributed by atoms with Crippen molar-refractivity contribution >= 4 is 38.8 Å². The third kappa shape index (κ3) is 3.14. The van der Waals surface area contributed by atoms with E-state index in [9.17, 15) is 0 Å². The lowest BCUT2D eigenvalue weighted by Crippen LogP contribution is -2.15. The third-order valence-corrected chi connectivity index (χ3v) is 6.26. The average Bonchev–Trinajstić information content (AvgIpc) is 3.47. The smallest absolute Gasteiger partial charge is 0.134 e. The van der Waals surface area contributed by atoms with E-state index in [1.807, 2.05) is 31.3 Å². The average molecular weight is 437 g/mol. The Bertz CT molecular complexity index is 1530. The molecule has 0 spiro atoms. The Morgan fingerprint density at radius 2 is 1.61 bits per heavy atom. The Balaban J connectivity index is 1.65. The second kappa shape index (κ2) is 7.74. The summed E-state index contributed by atoms with van der Waals surface area (Å²) in [5.41, 5.74) is 7.89. The first-order valence-electron chi connectivity index (χ1n) is 11.1. The maximum Gasteiger partial charge on any atom is 0.134 e. The van der Waals surface area contributed by atoms with E-state index in [4.69, 9.17) is 9.47 Å². The normalized spacial score (nSPS) is 13.3. The molecule has 0 fully saturated rings. The first-order valence-corrected chi connectivity index (χ1v) is 11.1. The highest BCUT2D eigenvalue weighted by Gasteiger charge is 2.25. The maximum atomic E-state index is 5.79. The number of nitrogens with one attached hydrogen (secondary N) is 3. The van der Waals surface area contributed by atoms with Gasteiger partial charge in [-0.05, 0) is 61.0 Å². The molecule has 0 radical (unpaired) electrons. The van der Waals surface area contributed by atoms with Crippen LogP contribution in [0.25, 0.3) is 33.0 Å². The number of aromatic nitrogens is 3. The van der Waals surface area contributed by atoms with Gasteiger partial charge in [-0.1, -0.05) is 0 Å². The van der Waals surface area contributed by atoms with Crippen molar-refractivity contribution in [2.24, 2.45) is 0 Å². The van der Waals surface area contributed by atoms with Crippen LogP contribution in [0.15, 0.2) is 67.1 Å². The molecule has 0 bridgehead atoms. The molecule has 2 aromatic carbocycles. The Morgan fingerprint density at radius 1 is 0.879 bits per heavy atom. The fourth-order valence-electron chi connectivity index (χ4n) is 4.75. The van der Waals surface area contributed by atoms with Crippen LogP contribution in [0.5, 0.6) is 11.5 Å². The number of methoxy groups -OCH3 is 1. The first kappa shape index (κ1) is 19.5. The number of hydrogen-bond donors (Lipinski definition) is 3. The molecule has 6 rings (SSSR count). The lowest BCUT2D eigenvalue weighted by Gasteiger charge is -2.24. The van der Waals surface area contributed by atoms with Crippen LogP contribution in [0.4, 0.5) is 5.82 Å². The highest BCUT2D eigenvalue weighted by Crippen LogP contribution is 2.43. The van der Waals surface area contributed by atoms with Crippen LogP contribution in [-0.4, -0.2) is 35.2 Å². The minimum absolute atomic E-state index is 0.636. The molecule has 6 nitrogen and oxygen atoms in total. The molecule has 0 unspecified atom stereocenters. The molecule has 6 heteroatoms. The van der Waals surface area contributed by atoms with Gasteiger partial charge in [0.05, 0.1) is 13.7 Å². The Kier molecular flexibility index (Phi) is 4.57. The molecule has 3 aromatic heterocycles. The molecule has 0 aliphatic carbocycles. The van der Waals surface area contributed by atoms with Gasteiger partial charge in [0.2, 0.25) is 0 Å². The van der Waals surface area contributed by atoms with Gasteiger partial charge in [0.15, 0.2) is 0 Å². The zero-order chi connectivity index (χ0) is 22.4. The monoisotopic (exact) mass is 436 g/mol. The number of pyridine rings is 1. The number of fused-ring (bicyclic) bond motifs is 3. The largest absolute Gasteiger partial charge is 0.497 e. The third-order valence-electron chi connectivity index (χ3n) is 6.26. The van der Waals surface area contributed by atoms with Crippen molar-refractivity contribution in [3.05, 3.63) is 83.8 Å². The Morgan fingerprint density at radius 3 is 2.39 bits per heavy atom. The molecule has 5 aromatic rings. The van der Waals surface area contributed by atoms with Gasteiger partial charge in [0.25, 0.3) is 0 Å². The van der Waals surface area contributed by atoms with Crippen LogP contribution < -0.4 is 14.8 Å². The quantitative estimate of drug-likeness (QED) is 0.324. The highest BCUT2D eigenvalue weighted by atomic mass is 16.5. The summed E-state index contributed by atoms with van der Waals surface area (Å²) in [6.45, 7) is 3.31. The van der Waals surface area contributed by atoms with E-state index in [-0.39, 0.29) is 0 Å². The molecule has 1 aliphatic rings. The summed E-state index contributed by atoms with van der Waals surface area (Å²) >= 11 is 0. The fourth-order valence-corrected chi connectivity index (χ4v) is 4.75. The SMILES string of the molecule is CCOc1ccc2[nH]cc(C3=C(c4c[nH]c5ccc(OC)cc45)c4cccnc4NC3)c2c1. The molecule has 33 heavy (non-hydrogen) atoms. The molecule has 0 atom stereocenters. The van der Waals surface area contributed by atoms with Crippen molar-refractivity contribution < 1.29 is 9.47 Å². The van der Waals surface area contributed by atoms with Crippen LogP contribution in [0.1, 0.15) is 23.6 Å². The summed E-state index contributed by atoms with van der Waals surface area (Å²) in [4.78, 5) is 11.5. The van der Waals surface area contributed by atoms with Crippen LogP contribution in [0, 0.1) is 0 Å². The predicted molar refractivity (Wildman–Crippen MR) is 133 cm³/mol. The van der Waals surface area contributed by atoms with Crippen LogP contribution in [0.3, 0.4) is 0 Å². The van der Waals surface area contributed by atoms with E-state index in [0.29, 0.717) is 13.2 Å². The maximum absolute atomic E-state index is 5.79. The number of H-pyrrole nitrogens is 2. The van der Waals surface area contributed by atoms with Gasteiger partial charge in [-0.25, -0.2) is 4.98 Å². The second-order valence-corrected chi connectivity index (χ2v) is 8.06. The van der Waals surface area contributed by atoms with Crippen LogP contribution >= 0.6 is 0 Å². The van der Waals surface area contributed by atoms with Gasteiger partial charge in [-0.2, -0.15) is 0 Å². The second-order valence-electron chi connectivity index (χ2n) is 8.06. The van der Waals surface area contributed by atoms with E-state index >= 15 is 0 Å². The van der Waals surface area contributed by atoms with Gasteiger partial charge < -0.3 is 24.8 Å². The molecular weight excluding hydrogens is 412 g/mol. The van der Waals surface area contributed by atoms with Gasteiger partial charge in [-0.3, -0.25) is 0 Å². The van der Waals surface area contributed by atoms with Gasteiger partial charge in [-0.15, -0.1) is 0 Å². The minimum atomic E-state index is 0.636. The number of hydrogen-bond acceptors (Lipinski definition) is 4. The molecule has 4 heterocycles. The molecule has 3 N–H and O–H groups in total. The summed E-state index contributed by atoms with van der Waals surface area (Å²) in [5, 5.41) is 5.78. The van der Waals surface area contributed by atoms with Crippen molar-refractivity contribution in [1.29, 1.82) is 0 Å². The minimum Gasteiger partial charge on any atom is -0.497 e. The van der Waals surface area contributed by atoms with Crippen LogP contribution in [-0.2, 0) is 0 Å². The number of benzene rings is 2. The zero-order valence-electron chi connectivity index (χ0n) is 18.5. The van der Waals surface area contributed by atoms with Crippen LogP contribution in [0.2, 0.25) is 0 Å². The Hall–Kier alpha value is -4.19. The molecule has 0 saturated carbocycles. The molecule has 0 amide bonds. The topological polar surface area (TPSA) is 75.0 Å². The van der Waals surface area contributed by atoms with Crippen molar-refractivity contribution in [3.8, 4) is 11.5 Å². The first-order chi connectivity index (χ1) is 16.3. The van der Waals surface area contributed by atoms with E-state index in [1.165, 1.54) is 11.1 Å². The lowest BCUT2D eigenvalue weighted by atomic mass is 9.87. The number of aromatic amines is 2. The van der Waals surface area contributed by atoms with Gasteiger partial charge in [0, 0.05) is 69.2 Å². The molecule has 164 valence electrons. The zero-order valence-corrected chi connectivity index (χ0v) is 18.5. The predicted octanol–water partition coefficient (Wildman–Crippen LogP) is 5.84. The summed E-state index contributed by atoms with van der Waals surface area (Å²) in [6, 6.07) is 16.4. The van der Waals surface area contributed by atoms with Crippen molar-refractivity contribution in [2.45, 2.75) is 6.92 Å². The van der Waals surface area contributed by atoms with Gasteiger partial charge in [0.1, 0.15) is 17.3 Å². The number of ether oxygens (including phenoxy) is 2. The summed E-state index contributed by atoms with van der Waals surface area (Å²) < 4.78 is 11.3. The Labute approximate surface area is 191 Å². The van der Waals surface area contributed by atoms with E-state index in [2.05, 4.69) is 63.0 Å². The van der Waals surface area contributed by atoms with Crippen molar-refractivity contribution in [2.75, 3.05) is 25.6 Å². The van der Waals surface area contributed by atoms with Crippen molar-refractivity contribution in [1.82, 2.24) is 15.0 Å². The summed E-state index contributed by atoms with van der Waals surface area (Å²) in [6.07, 6.45) is 6.00. The molecular formula is C27H24N4O2. The number of rotatable bonds is 5. The van der Waals surface area contributed by atoms with Crippen molar-refractivity contribution in [3.63, 3.8) is 0 Å². The standard InChI is InChI=1S/C27H24N4O2/c1-3-33-17-7-9-24-19(12-17)21(13-29-24)23-15-31-27-18(5-4-10-28-27)26(23)22-14-30-25-8-6-16(32-2)11-20(22)25/h4-14,29-30H,3,15H2,1-2H3,(H,28,31). The van der Waals surface area contributed by atoms with E-state index in [0.717, 1.165) is 55.8 Å². The number of anilines is 1. The summed E-state index contributed by atoms with van der Waals surface area (Å²) in [7, 11) is 1.70. The number of nitrogens with zero attached hydrogens (tertiary/aromatic N) is 1. The molecule has 1 aliphatic heterocycles. The van der Waals surface area contributed by atoms with E-state index < -0.39 is 0 Å². The highest BCUT2D eigenvalue weighted by molar-refractivity contribution is 6.12. The summed E-state index contributed by atoms with van der Waals surface area (Å²) in [5.74, 6) is 2.60. The fraction of sp³-hybridized carbons (Fsp3) is 0.148. The van der Waals surface area contributed by atoms with Gasteiger partial charge >= 0.3 is 0 Å². The van der Waals surface area contributed by atoms with E-state index in [1.54, 1.807) is 7.11 Å². The lowest BCUT2D eigenvalue weighted by molar-refractivity contribution is 0.341.